The molecule has 1 spiro atoms. The number of amidine groups is 1. The third kappa shape index (κ3) is 4.56. The molecule has 3 aliphatic rings. The van der Waals surface area contributed by atoms with Crippen LogP contribution in [0.25, 0.3) is 0 Å². The molecular formula is C26H29F3N4O. The molecule has 2 heterocycles. The lowest BCUT2D eigenvalue weighted by Crippen LogP contribution is -2.60. The zero-order valence-corrected chi connectivity index (χ0v) is 19.1. The molecule has 5 rings (SSSR count). The minimum Gasteiger partial charge on any atom is -0.296 e. The molecule has 1 saturated carbocycles. The van der Waals surface area contributed by atoms with Gasteiger partial charge in [-0.2, -0.15) is 0 Å². The summed E-state index contributed by atoms with van der Waals surface area (Å²) in [5.41, 5.74) is 0.310. The molecule has 0 aromatic heterocycles. The van der Waals surface area contributed by atoms with Crippen molar-refractivity contribution in [2.24, 2.45) is 4.99 Å². The number of piperidine rings is 1. The van der Waals surface area contributed by atoms with Gasteiger partial charge in [-0.05, 0) is 62.1 Å². The highest BCUT2D eigenvalue weighted by molar-refractivity contribution is 6.19. The van der Waals surface area contributed by atoms with Crippen molar-refractivity contribution in [3.63, 3.8) is 0 Å². The largest absolute Gasteiger partial charge is 0.328 e. The number of anilines is 1. The Morgan fingerprint density at radius 3 is 2.35 bits per heavy atom. The lowest BCUT2D eigenvalue weighted by atomic mass is 9.85. The van der Waals surface area contributed by atoms with Crippen LogP contribution in [0.2, 0.25) is 0 Å². The van der Waals surface area contributed by atoms with E-state index < -0.39 is 23.2 Å². The fraction of sp³-hybridized carbons (Fsp3) is 0.462. The van der Waals surface area contributed by atoms with Gasteiger partial charge in [0.1, 0.15) is 28.8 Å². The third-order valence-corrected chi connectivity index (χ3v) is 7.16. The van der Waals surface area contributed by atoms with Crippen molar-refractivity contribution >= 4 is 17.6 Å². The molecule has 1 N–H and O–H groups in total. The van der Waals surface area contributed by atoms with Crippen molar-refractivity contribution in [3.05, 3.63) is 65.5 Å². The first-order valence-electron chi connectivity index (χ1n) is 12.1. The Morgan fingerprint density at radius 2 is 1.65 bits per heavy atom. The molecule has 2 aromatic rings. The number of hydrogen-bond acceptors (Lipinski definition) is 3. The maximum atomic E-state index is 14.2. The summed E-state index contributed by atoms with van der Waals surface area (Å²) in [6, 6.07) is 9.32. The second kappa shape index (κ2) is 9.41. The molecule has 2 aliphatic heterocycles. The molecule has 1 unspecified atom stereocenters. The van der Waals surface area contributed by atoms with Gasteiger partial charge in [0.25, 0.3) is 0 Å². The highest BCUT2D eigenvalue weighted by Crippen LogP contribution is 2.38. The summed E-state index contributed by atoms with van der Waals surface area (Å²) in [6.45, 7) is 1.85. The molecule has 2 amide bonds. The second-order valence-corrected chi connectivity index (χ2v) is 9.64. The van der Waals surface area contributed by atoms with Gasteiger partial charge in [0.15, 0.2) is 0 Å². The average Bonchev–Trinajstić information content (AvgIpc) is 3.05. The number of aliphatic imine (C=N–C) groups is 1. The summed E-state index contributed by atoms with van der Waals surface area (Å²) in [7, 11) is 0. The quantitative estimate of drug-likeness (QED) is 0.651. The van der Waals surface area contributed by atoms with E-state index in [0.717, 1.165) is 50.3 Å². The van der Waals surface area contributed by atoms with Crippen LogP contribution >= 0.6 is 0 Å². The molecule has 2 saturated heterocycles. The van der Waals surface area contributed by atoms with Crippen molar-refractivity contribution in [2.45, 2.75) is 63.1 Å². The normalized spacial score (nSPS) is 25.3. The van der Waals surface area contributed by atoms with Gasteiger partial charge < -0.3 is 0 Å². The number of nitrogens with zero attached hydrogens (tertiary/aromatic N) is 3. The summed E-state index contributed by atoms with van der Waals surface area (Å²) in [5.74, 6) is -1.15. The number of nitrogens with one attached hydrogen (secondary N) is 1. The molecular weight excluding hydrogens is 441 g/mol. The van der Waals surface area contributed by atoms with Crippen LogP contribution in [0.3, 0.4) is 0 Å². The molecule has 8 heteroatoms. The highest BCUT2D eigenvalue weighted by atomic mass is 19.1. The molecule has 34 heavy (non-hydrogen) atoms. The van der Waals surface area contributed by atoms with Gasteiger partial charge in [-0.3, -0.25) is 20.1 Å². The van der Waals surface area contributed by atoms with E-state index in [0.29, 0.717) is 25.3 Å². The molecule has 5 nitrogen and oxygen atoms in total. The molecule has 180 valence electrons. The van der Waals surface area contributed by atoms with Gasteiger partial charge in [0.05, 0.1) is 11.7 Å². The Morgan fingerprint density at radius 1 is 0.941 bits per heavy atom. The Bertz CT molecular complexity index is 1060. The Labute approximate surface area is 197 Å². The van der Waals surface area contributed by atoms with E-state index in [1.807, 2.05) is 0 Å². The summed E-state index contributed by atoms with van der Waals surface area (Å²) in [5, 5.41) is 2.96. The molecule has 0 bridgehead atoms. The third-order valence-electron chi connectivity index (χ3n) is 7.16. The van der Waals surface area contributed by atoms with Crippen molar-refractivity contribution in [3.8, 4) is 0 Å². The average molecular weight is 471 g/mol. The Balaban J connectivity index is 1.52. The summed E-state index contributed by atoms with van der Waals surface area (Å²) in [6.07, 6.45) is 6.78. The zero-order valence-electron chi connectivity index (χ0n) is 19.1. The van der Waals surface area contributed by atoms with Gasteiger partial charge in [-0.25, -0.2) is 18.0 Å². The first kappa shape index (κ1) is 22.9. The Hall–Kier alpha value is -2.87. The summed E-state index contributed by atoms with van der Waals surface area (Å²) in [4.78, 5) is 22.0. The van der Waals surface area contributed by atoms with Crippen LogP contribution in [-0.2, 0) is 6.54 Å². The summed E-state index contributed by atoms with van der Waals surface area (Å²) < 4.78 is 41.7. The van der Waals surface area contributed by atoms with Gasteiger partial charge in [-0.1, -0.05) is 31.4 Å². The lowest BCUT2D eigenvalue weighted by Gasteiger charge is -2.44. The van der Waals surface area contributed by atoms with E-state index in [4.69, 9.17) is 4.99 Å². The van der Waals surface area contributed by atoms with E-state index in [2.05, 4.69) is 10.2 Å². The van der Waals surface area contributed by atoms with Crippen LogP contribution in [0, 0.1) is 17.5 Å². The number of benzene rings is 2. The number of amides is 2. The van der Waals surface area contributed by atoms with Crippen LogP contribution in [0.15, 0.2) is 47.5 Å². The first-order valence-corrected chi connectivity index (χ1v) is 12.1. The second-order valence-electron chi connectivity index (χ2n) is 9.64. The summed E-state index contributed by atoms with van der Waals surface area (Å²) >= 11 is 0. The van der Waals surface area contributed by atoms with Crippen LogP contribution < -0.4 is 10.2 Å². The zero-order chi connectivity index (χ0) is 23.7. The van der Waals surface area contributed by atoms with Crippen molar-refractivity contribution < 1.29 is 18.0 Å². The number of urea groups is 1. The maximum absolute atomic E-state index is 14.2. The number of likely N-dealkylation sites (tertiary alicyclic amines) is 1. The van der Waals surface area contributed by atoms with Crippen molar-refractivity contribution in [2.75, 3.05) is 18.0 Å². The SMILES string of the molecule is O=C1NC(=NC2CCCCC2)C2(CCCN(Cc3ccc(F)cc3)C2)N1c1cc(F)cc(F)c1. The number of rotatable bonds is 4. The molecule has 3 fully saturated rings. The lowest BCUT2D eigenvalue weighted by molar-refractivity contribution is 0.176. The highest BCUT2D eigenvalue weighted by Gasteiger charge is 2.54. The molecule has 2 aromatic carbocycles. The number of hydrogen-bond donors (Lipinski definition) is 1. The van der Waals surface area contributed by atoms with Crippen LogP contribution in [-0.4, -0.2) is 41.4 Å². The molecule has 0 radical (unpaired) electrons. The molecule has 1 aliphatic carbocycles. The van der Waals surface area contributed by atoms with E-state index in [9.17, 15) is 18.0 Å². The van der Waals surface area contributed by atoms with Crippen molar-refractivity contribution in [1.29, 1.82) is 0 Å². The van der Waals surface area contributed by atoms with Crippen LogP contribution in [0.5, 0.6) is 0 Å². The van der Waals surface area contributed by atoms with Gasteiger partial charge in [0, 0.05) is 19.2 Å². The monoisotopic (exact) mass is 470 g/mol. The maximum Gasteiger partial charge on any atom is 0.328 e. The predicted molar refractivity (Wildman–Crippen MR) is 125 cm³/mol. The number of halogens is 3. The number of carbonyl (C=O) groups is 1. The van der Waals surface area contributed by atoms with E-state index >= 15 is 0 Å². The van der Waals surface area contributed by atoms with Crippen molar-refractivity contribution in [1.82, 2.24) is 10.2 Å². The standard InChI is InChI=1S/C26H29F3N4O/c27-19-9-7-18(8-10-19)16-32-12-4-11-26(17-32)24(30-22-5-2-1-3-6-22)31-25(34)33(26)23-14-20(28)13-21(29)15-23/h7-10,13-15,22H,1-6,11-12,16-17H2,(H,30,31,34). The minimum atomic E-state index is -0.840. The van der Waals surface area contributed by atoms with Crippen LogP contribution in [0.4, 0.5) is 23.7 Å². The smallest absolute Gasteiger partial charge is 0.296 e. The fourth-order valence-corrected chi connectivity index (χ4v) is 5.63. The van der Waals surface area contributed by atoms with E-state index in [-0.39, 0.29) is 17.5 Å². The fourth-order valence-electron chi connectivity index (χ4n) is 5.63. The Kier molecular flexibility index (Phi) is 6.34. The first-order chi connectivity index (χ1) is 16.4. The van der Waals surface area contributed by atoms with E-state index in [1.165, 1.54) is 35.6 Å². The van der Waals surface area contributed by atoms with Gasteiger partial charge in [-0.15, -0.1) is 0 Å². The van der Waals surface area contributed by atoms with Gasteiger partial charge in [0.2, 0.25) is 0 Å². The molecule has 1 atom stereocenters. The topological polar surface area (TPSA) is 47.9 Å². The minimum absolute atomic E-state index is 0.137. The van der Waals surface area contributed by atoms with Gasteiger partial charge >= 0.3 is 6.03 Å². The van der Waals surface area contributed by atoms with Crippen LogP contribution in [0.1, 0.15) is 50.5 Å². The van der Waals surface area contributed by atoms with E-state index in [1.54, 1.807) is 12.1 Å². The predicted octanol–water partition coefficient (Wildman–Crippen LogP) is 5.40. The number of carbonyl (C=O) groups excluding carboxylic acids is 1.